The molecule has 1 fully saturated rings. The lowest BCUT2D eigenvalue weighted by Crippen LogP contribution is -2.41. The SMILES string of the molecule is Cc1cc2c3c(ccc4c5c(C)cc6c7c(ccc(c1c34)c75)C(=O)N(OCC1CO1)C6=O)C(=O)N(C)C2=O. The first-order chi connectivity index (χ1) is 18.3. The second-order valence-electron chi connectivity index (χ2n) is 10.4. The van der Waals surface area contributed by atoms with Gasteiger partial charge in [0.15, 0.2) is 0 Å². The van der Waals surface area contributed by atoms with Crippen molar-refractivity contribution in [1.29, 1.82) is 0 Å². The highest BCUT2D eigenvalue weighted by molar-refractivity contribution is 6.42. The summed E-state index contributed by atoms with van der Waals surface area (Å²) in [5.41, 5.74) is 3.54. The van der Waals surface area contributed by atoms with Crippen molar-refractivity contribution in [3.63, 3.8) is 0 Å². The highest BCUT2D eigenvalue weighted by atomic mass is 16.7. The zero-order chi connectivity index (χ0) is 26.2. The lowest BCUT2D eigenvalue weighted by atomic mass is 9.80. The van der Waals surface area contributed by atoms with E-state index in [1.54, 1.807) is 18.2 Å². The van der Waals surface area contributed by atoms with Crippen molar-refractivity contribution in [2.75, 3.05) is 20.3 Å². The number of benzene rings is 5. The van der Waals surface area contributed by atoms with Crippen LogP contribution in [0.2, 0.25) is 0 Å². The van der Waals surface area contributed by atoms with Gasteiger partial charge in [0.2, 0.25) is 0 Å². The average molecular weight is 504 g/mol. The molecule has 3 heterocycles. The smallest absolute Gasteiger partial charge is 0.285 e. The lowest BCUT2D eigenvalue weighted by Gasteiger charge is -2.29. The van der Waals surface area contributed by atoms with E-state index in [0.717, 1.165) is 53.4 Å². The Balaban J connectivity index is 1.53. The van der Waals surface area contributed by atoms with Crippen LogP contribution < -0.4 is 0 Å². The molecule has 0 bridgehead atoms. The Morgan fingerprint density at radius 3 is 1.74 bits per heavy atom. The van der Waals surface area contributed by atoms with E-state index in [1.165, 1.54) is 7.05 Å². The quantitative estimate of drug-likeness (QED) is 0.155. The van der Waals surface area contributed by atoms with Crippen molar-refractivity contribution in [2.45, 2.75) is 20.0 Å². The summed E-state index contributed by atoms with van der Waals surface area (Å²) in [6.07, 6.45) is -0.103. The summed E-state index contributed by atoms with van der Waals surface area (Å²) in [4.78, 5) is 60.0. The van der Waals surface area contributed by atoms with Gasteiger partial charge >= 0.3 is 0 Å². The maximum Gasteiger partial charge on any atom is 0.285 e. The topological polar surface area (TPSA) is 96.5 Å². The Kier molecular flexibility index (Phi) is 3.94. The van der Waals surface area contributed by atoms with Crippen molar-refractivity contribution < 1.29 is 28.8 Å². The van der Waals surface area contributed by atoms with Crippen molar-refractivity contribution in [2.24, 2.45) is 0 Å². The number of hydroxylamine groups is 2. The van der Waals surface area contributed by atoms with E-state index >= 15 is 0 Å². The second-order valence-corrected chi connectivity index (χ2v) is 10.4. The summed E-state index contributed by atoms with van der Waals surface area (Å²) in [6, 6.07) is 11.0. The molecule has 38 heavy (non-hydrogen) atoms. The second kappa shape index (κ2) is 6.92. The van der Waals surface area contributed by atoms with Gasteiger partial charge in [0.25, 0.3) is 23.6 Å². The number of aryl methyl sites for hydroxylation is 2. The van der Waals surface area contributed by atoms with Crippen molar-refractivity contribution in [3.05, 3.63) is 69.8 Å². The van der Waals surface area contributed by atoms with Gasteiger partial charge in [-0.15, -0.1) is 5.06 Å². The molecule has 0 spiro atoms. The third kappa shape index (κ3) is 2.46. The molecule has 1 atom stereocenters. The molecule has 5 aromatic carbocycles. The van der Waals surface area contributed by atoms with E-state index in [-0.39, 0.29) is 24.5 Å². The summed E-state index contributed by atoms with van der Waals surface area (Å²) in [5, 5.41) is 7.35. The van der Waals surface area contributed by atoms with E-state index in [9.17, 15) is 19.2 Å². The number of carbonyl (C=O) groups excluding carboxylic acids is 4. The number of hydrogen-bond acceptors (Lipinski definition) is 6. The summed E-state index contributed by atoms with van der Waals surface area (Å²) in [7, 11) is 1.50. The molecule has 0 aliphatic carbocycles. The standard InChI is InChI=1S/C30H20N2O6/c1-12-8-19-23-17(27(33)31(3)28(19)34)6-4-15-22-13(2)9-20-24-18(7-5-16(26(22)24)21(12)25(15)23)29(35)32(30(20)36)38-11-14-10-37-14/h4-9,14H,10-11H2,1-3H3. The fourth-order valence-electron chi connectivity index (χ4n) is 6.41. The molecule has 186 valence electrons. The monoisotopic (exact) mass is 504 g/mol. The molecule has 3 aliphatic rings. The van der Waals surface area contributed by atoms with E-state index in [2.05, 4.69) is 0 Å². The van der Waals surface area contributed by atoms with Crippen LogP contribution in [-0.2, 0) is 9.57 Å². The van der Waals surface area contributed by atoms with Crippen LogP contribution in [0.4, 0.5) is 0 Å². The number of rotatable bonds is 3. The van der Waals surface area contributed by atoms with Crippen LogP contribution in [0.25, 0.3) is 43.1 Å². The maximum absolute atomic E-state index is 13.5. The molecule has 4 amide bonds. The van der Waals surface area contributed by atoms with Crippen LogP contribution in [0, 0.1) is 13.8 Å². The van der Waals surface area contributed by atoms with Gasteiger partial charge in [-0.25, -0.2) is 0 Å². The van der Waals surface area contributed by atoms with Crippen LogP contribution in [0.3, 0.4) is 0 Å². The van der Waals surface area contributed by atoms with Gasteiger partial charge in [-0.05, 0) is 81.6 Å². The van der Waals surface area contributed by atoms with Crippen molar-refractivity contribution in [1.82, 2.24) is 9.96 Å². The first-order valence-corrected chi connectivity index (χ1v) is 12.4. The number of ether oxygens (including phenoxy) is 1. The summed E-state index contributed by atoms with van der Waals surface area (Å²) < 4.78 is 5.17. The number of epoxide rings is 1. The minimum Gasteiger partial charge on any atom is -0.371 e. The van der Waals surface area contributed by atoms with E-state index in [1.807, 2.05) is 32.0 Å². The predicted molar refractivity (Wildman–Crippen MR) is 140 cm³/mol. The average Bonchev–Trinajstić information content (AvgIpc) is 3.74. The molecule has 8 heteroatoms. The number of fused-ring (bicyclic) bond motifs is 2. The Hall–Kier alpha value is -4.40. The fourth-order valence-corrected chi connectivity index (χ4v) is 6.41. The first-order valence-electron chi connectivity index (χ1n) is 12.4. The molecular formula is C30H20N2O6. The molecule has 1 saturated heterocycles. The third-order valence-electron chi connectivity index (χ3n) is 8.19. The minimum atomic E-state index is -0.503. The highest BCUT2D eigenvalue weighted by Gasteiger charge is 2.38. The van der Waals surface area contributed by atoms with E-state index in [0.29, 0.717) is 39.6 Å². The summed E-state index contributed by atoms with van der Waals surface area (Å²) in [5.74, 6) is -1.65. The molecule has 8 rings (SSSR count). The molecule has 0 saturated carbocycles. The molecule has 3 aliphatic heterocycles. The number of hydrogen-bond donors (Lipinski definition) is 0. The van der Waals surface area contributed by atoms with Crippen molar-refractivity contribution >= 4 is 66.7 Å². The number of amides is 4. The summed E-state index contributed by atoms with van der Waals surface area (Å²) in [6.45, 7) is 4.57. The van der Waals surface area contributed by atoms with Gasteiger partial charge < -0.3 is 4.74 Å². The Labute approximate surface area is 215 Å². The van der Waals surface area contributed by atoms with Gasteiger partial charge in [-0.3, -0.25) is 28.9 Å². The first kappa shape index (κ1) is 21.7. The third-order valence-corrected chi connectivity index (χ3v) is 8.19. The van der Waals surface area contributed by atoms with Crippen molar-refractivity contribution in [3.8, 4) is 0 Å². The molecule has 0 aromatic heterocycles. The van der Waals surface area contributed by atoms with Crippen LogP contribution in [0.1, 0.15) is 52.6 Å². The Morgan fingerprint density at radius 2 is 1.18 bits per heavy atom. The lowest BCUT2D eigenvalue weighted by molar-refractivity contribution is -0.0988. The molecule has 0 N–H and O–H groups in total. The van der Waals surface area contributed by atoms with E-state index < -0.39 is 11.8 Å². The molecule has 5 aromatic rings. The Morgan fingerprint density at radius 1 is 0.711 bits per heavy atom. The maximum atomic E-state index is 13.5. The van der Waals surface area contributed by atoms with Gasteiger partial charge in [-0.2, -0.15) is 0 Å². The van der Waals surface area contributed by atoms with E-state index in [4.69, 9.17) is 9.57 Å². The largest absolute Gasteiger partial charge is 0.371 e. The number of carbonyl (C=O) groups is 4. The van der Waals surface area contributed by atoms with Crippen LogP contribution in [-0.4, -0.2) is 60.0 Å². The van der Waals surface area contributed by atoms with Crippen LogP contribution >= 0.6 is 0 Å². The molecule has 1 unspecified atom stereocenters. The normalized spacial score (nSPS) is 18.8. The van der Waals surface area contributed by atoms with Gasteiger partial charge in [-0.1, -0.05) is 12.1 Å². The minimum absolute atomic E-state index is 0.103. The van der Waals surface area contributed by atoms with Gasteiger partial charge in [0.1, 0.15) is 12.7 Å². The Bertz CT molecular complexity index is 2000. The van der Waals surface area contributed by atoms with Gasteiger partial charge in [0, 0.05) is 28.9 Å². The highest BCUT2D eigenvalue weighted by Crippen LogP contribution is 2.48. The summed E-state index contributed by atoms with van der Waals surface area (Å²) >= 11 is 0. The van der Waals surface area contributed by atoms with Crippen LogP contribution in [0.15, 0.2) is 36.4 Å². The zero-order valence-electron chi connectivity index (χ0n) is 20.8. The molecule has 0 radical (unpaired) electrons. The van der Waals surface area contributed by atoms with Crippen LogP contribution in [0.5, 0.6) is 0 Å². The molecule has 8 nitrogen and oxygen atoms in total. The fraction of sp³-hybridized carbons (Fsp3) is 0.200. The molecular weight excluding hydrogens is 484 g/mol. The number of imide groups is 2. The zero-order valence-corrected chi connectivity index (χ0v) is 20.8. The predicted octanol–water partition coefficient (Wildman–Crippen LogP) is 4.51. The number of nitrogens with zero attached hydrogens (tertiary/aromatic N) is 2. The van der Waals surface area contributed by atoms with Gasteiger partial charge in [0.05, 0.1) is 17.7 Å².